The van der Waals surface area contributed by atoms with Crippen LogP contribution in [-0.2, 0) is 0 Å². The molecule has 0 amide bonds. The van der Waals surface area contributed by atoms with Crippen LogP contribution in [0.2, 0.25) is 0 Å². The lowest BCUT2D eigenvalue weighted by molar-refractivity contribution is 0.310. The Balaban J connectivity index is 0.000001000. The van der Waals surface area contributed by atoms with Gasteiger partial charge < -0.3 is 10.4 Å². The van der Waals surface area contributed by atoms with E-state index < -0.39 is 0 Å². The Bertz CT molecular complexity index is 159. The van der Waals surface area contributed by atoms with Crippen LogP contribution in [0.25, 0.3) is 0 Å². The lowest BCUT2D eigenvalue weighted by Gasteiger charge is -2.11. The molecule has 1 fully saturated rings. The van der Waals surface area contributed by atoms with Crippen LogP contribution >= 0.6 is 12.4 Å². The minimum atomic E-state index is 0. The van der Waals surface area contributed by atoms with E-state index in [-0.39, 0.29) is 12.4 Å². The Morgan fingerprint density at radius 2 is 1.27 bits per heavy atom. The van der Waals surface area contributed by atoms with Crippen LogP contribution in [0.3, 0.4) is 0 Å². The highest BCUT2D eigenvalue weighted by Crippen LogP contribution is 2.12. The van der Waals surface area contributed by atoms with Crippen molar-refractivity contribution in [3.05, 3.63) is 0 Å². The van der Waals surface area contributed by atoms with Gasteiger partial charge in [-0.2, -0.15) is 0 Å². The summed E-state index contributed by atoms with van der Waals surface area (Å²) >= 11 is 0. The molecule has 0 aromatic carbocycles. The van der Waals surface area contributed by atoms with E-state index in [1.54, 1.807) is 0 Å². The first kappa shape index (κ1) is 10.2. The first-order valence-corrected chi connectivity index (χ1v) is 3.30. The predicted octanol–water partition coefficient (Wildman–Crippen LogP) is 1.64. The van der Waals surface area contributed by atoms with Gasteiger partial charge in [0.1, 0.15) is 11.4 Å². The molecule has 0 heterocycles. The van der Waals surface area contributed by atoms with Crippen molar-refractivity contribution in [2.24, 2.45) is 10.3 Å². The molecule has 0 bridgehead atoms. The maximum atomic E-state index is 8.39. The first-order valence-electron chi connectivity index (χ1n) is 3.30. The third kappa shape index (κ3) is 2.38. The number of oxime groups is 2. The van der Waals surface area contributed by atoms with E-state index >= 15 is 0 Å². The van der Waals surface area contributed by atoms with Gasteiger partial charge in [-0.3, -0.25) is 0 Å². The summed E-state index contributed by atoms with van der Waals surface area (Å²) in [7, 11) is 0. The zero-order valence-corrected chi connectivity index (χ0v) is 6.84. The van der Waals surface area contributed by atoms with Crippen molar-refractivity contribution in [2.75, 3.05) is 0 Å². The standard InChI is InChI=1S/C6H10N2O2.ClH/c9-7-5-3-1-2-4-6(5)8-10;/h9-10H,1-4H2;1H. The Labute approximate surface area is 71.0 Å². The van der Waals surface area contributed by atoms with Gasteiger partial charge in [-0.15, -0.1) is 12.4 Å². The number of nitrogens with zero attached hydrogens (tertiary/aromatic N) is 2. The summed E-state index contributed by atoms with van der Waals surface area (Å²) in [5.41, 5.74) is 1.04. The molecule has 2 N–H and O–H groups in total. The maximum absolute atomic E-state index is 8.39. The van der Waals surface area contributed by atoms with Crippen molar-refractivity contribution in [3.8, 4) is 0 Å². The molecule has 11 heavy (non-hydrogen) atoms. The Kier molecular flexibility index (Phi) is 4.61. The molecule has 4 nitrogen and oxygen atoms in total. The van der Waals surface area contributed by atoms with Crippen molar-refractivity contribution >= 4 is 23.8 Å². The van der Waals surface area contributed by atoms with Gasteiger partial charge in [-0.25, -0.2) is 0 Å². The fourth-order valence-corrected chi connectivity index (χ4v) is 1.09. The lowest BCUT2D eigenvalue weighted by atomic mass is 9.97. The summed E-state index contributed by atoms with van der Waals surface area (Å²) in [6.45, 7) is 0. The molecule has 5 heteroatoms. The quantitative estimate of drug-likeness (QED) is 0.438. The van der Waals surface area contributed by atoms with Crippen molar-refractivity contribution in [2.45, 2.75) is 25.7 Å². The summed E-state index contributed by atoms with van der Waals surface area (Å²) in [5, 5.41) is 22.8. The second-order valence-corrected chi connectivity index (χ2v) is 2.30. The molecular weight excluding hydrogens is 168 g/mol. The van der Waals surface area contributed by atoms with Gasteiger partial charge in [0.25, 0.3) is 0 Å². The third-order valence-corrected chi connectivity index (χ3v) is 1.65. The zero-order valence-electron chi connectivity index (χ0n) is 6.03. The van der Waals surface area contributed by atoms with E-state index in [4.69, 9.17) is 10.4 Å². The van der Waals surface area contributed by atoms with Crippen molar-refractivity contribution in [1.29, 1.82) is 0 Å². The molecule has 1 saturated carbocycles. The van der Waals surface area contributed by atoms with E-state index in [1.165, 1.54) is 0 Å². The third-order valence-electron chi connectivity index (χ3n) is 1.65. The number of hydrogen-bond acceptors (Lipinski definition) is 4. The summed E-state index contributed by atoms with van der Waals surface area (Å²) in [4.78, 5) is 0. The van der Waals surface area contributed by atoms with Gasteiger partial charge >= 0.3 is 0 Å². The van der Waals surface area contributed by atoms with Gasteiger partial charge in [0.2, 0.25) is 0 Å². The molecule has 1 rings (SSSR count). The minimum Gasteiger partial charge on any atom is -0.411 e. The average molecular weight is 179 g/mol. The molecule has 1 aliphatic carbocycles. The largest absolute Gasteiger partial charge is 0.411 e. The summed E-state index contributed by atoms with van der Waals surface area (Å²) in [5.74, 6) is 0. The van der Waals surface area contributed by atoms with Crippen molar-refractivity contribution in [3.63, 3.8) is 0 Å². The monoisotopic (exact) mass is 178 g/mol. The maximum Gasteiger partial charge on any atom is 0.104 e. The second-order valence-electron chi connectivity index (χ2n) is 2.30. The molecule has 0 atom stereocenters. The minimum absolute atomic E-state index is 0. The van der Waals surface area contributed by atoms with E-state index in [1.807, 2.05) is 0 Å². The highest BCUT2D eigenvalue weighted by Gasteiger charge is 2.15. The van der Waals surface area contributed by atoms with Gasteiger partial charge in [0.15, 0.2) is 0 Å². The Morgan fingerprint density at radius 1 is 0.909 bits per heavy atom. The molecule has 64 valence electrons. The SMILES string of the molecule is Cl.ON=C1CCCCC1=NO. The van der Waals surface area contributed by atoms with E-state index in [0.29, 0.717) is 11.4 Å². The van der Waals surface area contributed by atoms with Crippen LogP contribution in [0.1, 0.15) is 25.7 Å². The van der Waals surface area contributed by atoms with Gasteiger partial charge in [-0.05, 0) is 25.7 Å². The Morgan fingerprint density at radius 3 is 1.55 bits per heavy atom. The molecule has 0 aromatic rings. The molecule has 0 aliphatic heterocycles. The number of rotatable bonds is 0. The smallest absolute Gasteiger partial charge is 0.104 e. The van der Waals surface area contributed by atoms with Gasteiger partial charge in [-0.1, -0.05) is 10.3 Å². The fraction of sp³-hybridized carbons (Fsp3) is 0.667. The number of halogens is 1. The first-order chi connectivity index (χ1) is 4.88. The Hall–Kier alpha value is -0.770. The highest BCUT2D eigenvalue weighted by atomic mass is 35.5. The fourth-order valence-electron chi connectivity index (χ4n) is 1.09. The molecule has 0 spiro atoms. The molecule has 0 radical (unpaired) electrons. The van der Waals surface area contributed by atoms with Crippen LogP contribution in [0.15, 0.2) is 10.3 Å². The average Bonchev–Trinajstić information content (AvgIpc) is 2.04. The van der Waals surface area contributed by atoms with E-state index in [2.05, 4.69) is 10.3 Å². The van der Waals surface area contributed by atoms with Crippen molar-refractivity contribution in [1.82, 2.24) is 0 Å². The molecule has 0 unspecified atom stereocenters. The topological polar surface area (TPSA) is 65.2 Å². The van der Waals surface area contributed by atoms with Crippen LogP contribution in [0.4, 0.5) is 0 Å². The van der Waals surface area contributed by atoms with Crippen LogP contribution in [-0.4, -0.2) is 21.8 Å². The molecule has 0 saturated heterocycles. The molecule has 0 aromatic heterocycles. The highest BCUT2D eigenvalue weighted by molar-refractivity contribution is 6.42. The summed E-state index contributed by atoms with van der Waals surface area (Å²) in [6.07, 6.45) is 3.46. The van der Waals surface area contributed by atoms with Crippen LogP contribution in [0, 0.1) is 0 Å². The van der Waals surface area contributed by atoms with E-state index in [0.717, 1.165) is 25.7 Å². The summed E-state index contributed by atoms with van der Waals surface area (Å²) in [6, 6.07) is 0. The van der Waals surface area contributed by atoms with Gasteiger partial charge in [0, 0.05) is 0 Å². The lowest BCUT2D eigenvalue weighted by Crippen LogP contribution is -2.18. The van der Waals surface area contributed by atoms with Crippen LogP contribution < -0.4 is 0 Å². The molecule has 1 aliphatic rings. The normalized spacial score (nSPS) is 25.1. The number of hydrogen-bond donors (Lipinski definition) is 2. The summed E-state index contributed by atoms with van der Waals surface area (Å²) < 4.78 is 0. The second kappa shape index (κ2) is 4.96. The van der Waals surface area contributed by atoms with Crippen molar-refractivity contribution < 1.29 is 10.4 Å². The van der Waals surface area contributed by atoms with E-state index in [9.17, 15) is 0 Å². The van der Waals surface area contributed by atoms with Crippen LogP contribution in [0.5, 0.6) is 0 Å². The van der Waals surface area contributed by atoms with Gasteiger partial charge in [0.05, 0.1) is 0 Å². The zero-order chi connectivity index (χ0) is 7.40. The predicted molar refractivity (Wildman–Crippen MR) is 44.2 cm³/mol. The molecular formula is C6H11ClN2O2.